The fourth-order valence-electron chi connectivity index (χ4n) is 2.04. The number of amides is 1. The van der Waals surface area contributed by atoms with Gasteiger partial charge >= 0.3 is 0 Å². The van der Waals surface area contributed by atoms with Crippen LogP contribution in [0.25, 0.3) is 11.4 Å². The Labute approximate surface area is 141 Å². The Kier molecular flexibility index (Phi) is 4.38. The highest BCUT2D eigenvalue weighted by atomic mass is 79.9. The maximum atomic E-state index is 12.0. The van der Waals surface area contributed by atoms with Crippen LogP contribution in [0, 0.1) is 0 Å². The zero-order valence-electron chi connectivity index (χ0n) is 12.1. The zero-order chi connectivity index (χ0) is 16.2. The minimum Gasteiger partial charge on any atom is -0.399 e. The number of benzene rings is 2. The monoisotopic (exact) mass is 371 g/mol. The molecule has 3 aromatic rings. The summed E-state index contributed by atoms with van der Waals surface area (Å²) in [7, 11) is 0. The van der Waals surface area contributed by atoms with Gasteiger partial charge in [0, 0.05) is 21.3 Å². The first-order valence-corrected chi connectivity index (χ1v) is 7.73. The fourth-order valence-corrected chi connectivity index (χ4v) is 2.50. The Morgan fingerprint density at radius 2 is 1.91 bits per heavy atom. The minimum atomic E-state index is -0.191. The summed E-state index contributed by atoms with van der Waals surface area (Å²) in [6.07, 6.45) is 0. The Bertz CT molecular complexity index is 828. The van der Waals surface area contributed by atoms with E-state index in [4.69, 9.17) is 5.73 Å². The topological polar surface area (TPSA) is 96.7 Å². The lowest BCUT2D eigenvalue weighted by molar-refractivity contribution is 0.0950. The number of nitrogens with zero attached hydrogens (tertiary/aromatic N) is 2. The second-order valence-corrected chi connectivity index (χ2v) is 5.74. The van der Waals surface area contributed by atoms with Crippen LogP contribution in [0.4, 0.5) is 5.69 Å². The van der Waals surface area contributed by atoms with Crippen LogP contribution >= 0.6 is 15.9 Å². The molecule has 1 amide bonds. The van der Waals surface area contributed by atoms with Gasteiger partial charge in [0.05, 0.1) is 6.54 Å². The van der Waals surface area contributed by atoms with Crippen molar-refractivity contribution in [3.05, 3.63) is 64.4 Å². The maximum Gasteiger partial charge on any atom is 0.251 e. The molecule has 116 valence electrons. The predicted octanol–water partition coefficient (Wildman–Crippen LogP) is 2.75. The summed E-state index contributed by atoms with van der Waals surface area (Å²) in [5, 5.41) is 9.80. The summed E-state index contributed by atoms with van der Waals surface area (Å²) in [5.74, 6) is 0.970. The number of rotatable bonds is 4. The Morgan fingerprint density at radius 1 is 1.17 bits per heavy atom. The summed E-state index contributed by atoms with van der Waals surface area (Å²) in [6.45, 7) is 0.265. The molecule has 0 atom stereocenters. The van der Waals surface area contributed by atoms with E-state index in [9.17, 15) is 4.79 Å². The van der Waals surface area contributed by atoms with Gasteiger partial charge in [-0.2, -0.15) is 5.10 Å². The van der Waals surface area contributed by atoms with Gasteiger partial charge in [0.25, 0.3) is 5.91 Å². The van der Waals surface area contributed by atoms with Crippen LogP contribution in [0.15, 0.2) is 53.0 Å². The van der Waals surface area contributed by atoms with Gasteiger partial charge in [0.15, 0.2) is 5.82 Å². The smallest absolute Gasteiger partial charge is 0.251 e. The average molecular weight is 372 g/mol. The fraction of sp³-hybridized carbons (Fsp3) is 0.0625. The molecular weight excluding hydrogens is 358 g/mol. The molecule has 0 saturated heterocycles. The van der Waals surface area contributed by atoms with Gasteiger partial charge in [0.1, 0.15) is 5.82 Å². The molecule has 0 unspecified atom stereocenters. The average Bonchev–Trinajstić information content (AvgIpc) is 3.02. The highest BCUT2D eigenvalue weighted by molar-refractivity contribution is 9.10. The first-order valence-electron chi connectivity index (χ1n) is 6.93. The van der Waals surface area contributed by atoms with E-state index in [0.717, 1.165) is 10.0 Å². The number of aromatic amines is 1. The number of hydrogen-bond acceptors (Lipinski definition) is 4. The van der Waals surface area contributed by atoms with E-state index < -0.39 is 0 Å². The van der Waals surface area contributed by atoms with Crippen molar-refractivity contribution in [2.75, 3.05) is 5.73 Å². The van der Waals surface area contributed by atoms with E-state index in [1.165, 1.54) is 0 Å². The number of H-pyrrole nitrogens is 1. The van der Waals surface area contributed by atoms with Crippen LogP contribution in [0.3, 0.4) is 0 Å². The molecule has 6 nitrogen and oxygen atoms in total. The van der Waals surface area contributed by atoms with Crippen molar-refractivity contribution in [1.29, 1.82) is 0 Å². The number of hydrogen-bond donors (Lipinski definition) is 3. The molecular formula is C16H14BrN5O. The number of aromatic nitrogens is 3. The molecule has 0 spiro atoms. The van der Waals surface area contributed by atoms with Gasteiger partial charge in [-0.15, -0.1) is 0 Å². The first-order chi connectivity index (χ1) is 11.1. The van der Waals surface area contributed by atoms with Crippen LogP contribution in [-0.4, -0.2) is 21.1 Å². The summed E-state index contributed by atoms with van der Waals surface area (Å²) in [5.41, 5.74) is 7.66. The summed E-state index contributed by atoms with van der Waals surface area (Å²) in [6, 6.07) is 14.4. The Balaban J connectivity index is 1.67. The molecule has 1 heterocycles. The van der Waals surface area contributed by atoms with Crippen molar-refractivity contribution in [3.8, 4) is 11.4 Å². The molecule has 0 radical (unpaired) electrons. The largest absolute Gasteiger partial charge is 0.399 e. The van der Waals surface area contributed by atoms with Gasteiger partial charge in [0.2, 0.25) is 0 Å². The van der Waals surface area contributed by atoms with E-state index in [-0.39, 0.29) is 12.5 Å². The number of carbonyl (C=O) groups is 1. The lowest BCUT2D eigenvalue weighted by Crippen LogP contribution is -2.23. The second kappa shape index (κ2) is 6.62. The number of anilines is 1. The van der Waals surface area contributed by atoms with Crippen LogP contribution in [0.5, 0.6) is 0 Å². The van der Waals surface area contributed by atoms with Crippen LogP contribution < -0.4 is 11.1 Å². The van der Waals surface area contributed by atoms with Crippen molar-refractivity contribution >= 4 is 27.5 Å². The zero-order valence-corrected chi connectivity index (χ0v) is 13.7. The lowest BCUT2D eigenvalue weighted by atomic mass is 10.2. The number of carbonyl (C=O) groups excluding carboxylic acids is 1. The highest BCUT2D eigenvalue weighted by Gasteiger charge is 2.10. The Morgan fingerprint density at radius 3 is 2.65 bits per heavy atom. The predicted molar refractivity (Wildman–Crippen MR) is 91.5 cm³/mol. The molecule has 0 saturated carbocycles. The van der Waals surface area contributed by atoms with Crippen molar-refractivity contribution in [3.63, 3.8) is 0 Å². The SMILES string of the molecule is Nc1ccc(C(=O)NCc2nc(-c3ccccc3Br)n[nH]2)cc1. The lowest BCUT2D eigenvalue weighted by Gasteiger charge is -2.03. The molecule has 23 heavy (non-hydrogen) atoms. The summed E-state index contributed by atoms with van der Waals surface area (Å²) < 4.78 is 0.913. The number of halogens is 1. The quantitative estimate of drug-likeness (QED) is 0.614. The molecule has 4 N–H and O–H groups in total. The first kappa shape index (κ1) is 15.2. The molecule has 2 aromatic carbocycles. The highest BCUT2D eigenvalue weighted by Crippen LogP contribution is 2.24. The summed E-state index contributed by atoms with van der Waals surface area (Å²) >= 11 is 3.47. The van der Waals surface area contributed by atoms with E-state index in [1.54, 1.807) is 24.3 Å². The van der Waals surface area contributed by atoms with E-state index in [0.29, 0.717) is 22.9 Å². The number of nitrogens with one attached hydrogen (secondary N) is 2. The van der Waals surface area contributed by atoms with Crippen LogP contribution in [-0.2, 0) is 6.54 Å². The van der Waals surface area contributed by atoms with E-state index in [1.807, 2.05) is 24.3 Å². The normalized spacial score (nSPS) is 10.5. The molecule has 0 aliphatic carbocycles. The number of nitrogens with two attached hydrogens (primary N) is 1. The van der Waals surface area contributed by atoms with Crippen molar-refractivity contribution in [2.45, 2.75) is 6.54 Å². The molecule has 1 aromatic heterocycles. The van der Waals surface area contributed by atoms with Crippen LogP contribution in [0.2, 0.25) is 0 Å². The third-order valence-electron chi connectivity index (χ3n) is 3.24. The van der Waals surface area contributed by atoms with Crippen molar-refractivity contribution < 1.29 is 4.79 Å². The van der Waals surface area contributed by atoms with Gasteiger partial charge < -0.3 is 11.1 Å². The third-order valence-corrected chi connectivity index (χ3v) is 3.93. The molecule has 3 rings (SSSR count). The second-order valence-electron chi connectivity index (χ2n) is 4.89. The summed E-state index contributed by atoms with van der Waals surface area (Å²) in [4.78, 5) is 16.4. The standard InChI is InChI=1S/C16H14BrN5O/c17-13-4-2-1-3-12(13)15-20-14(21-22-15)9-19-16(23)10-5-7-11(18)8-6-10/h1-8H,9,18H2,(H,19,23)(H,20,21,22). The van der Waals surface area contributed by atoms with Crippen molar-refractivity contribution in [2.24, 2.45) is 0 Å². The van der Waals surface area contributed by atoms with Gasteiger partial charge in [-0.3, -0.25) is 9.89 Å². The van der Waals surface area contributed by atoms with Crippen molar-refractivity contribution in [1.82, 2.24) is 20.5 Å². The molecule has 0 bridgehead atoms. The molecule has 0 fully saturated rings. The molecule has 7 heteroatoms. The minimum absolute atomic E-state index is 0.191. The Hall–Kier alpha value is -2.67. The van der Waals surface area contributed by atoms with Crippen LogP contribution in [0.1, 0.15) is 16.2 Å². The van der Waals surface area contributed by atoms with E-state index in [2.05, 4.69) is 36.4 Å². The van der Waals surface area contributed by atoms with Gasteiger partial charge in [-0.25, -0.2) is 4.98 Å². The van der Waals surface area contributed by atoms with Gasteiger partial charge in [-0.1, -0.05) is 28.1 Å². The van der Waals surface area contributed by atoms with Gasteiger partial charge in [-0.05, 0) is 36.4 Å². The maximum absolute atomic E-state index is 12.0. The molecule has 0 aliphatic rings. The van der Waals surface area contributed by atoms with E-state index >= 15 is 0 Å². The molecule has 0 aliphatic heterocycles. The third kappa shape index (κ3) is 3.57. The number of nitrogen functional groups attached to an aromatic ring is 1.